The van der Waals surface area contributed by atoms with E-state index in [9.17, 15) is 14.4 Å². The number of ether oxygens (including phenoxy) is 1. The van der Waals surface area contributed by atoms with Crippen LogP contribution < -0.4 is 5.43 Å². The third kappa shape index (κ3) is 3.84. The van der Waals surface area contributed by atoms with Crippen LogP contribution in [0.15, 0.2) is 43.7 Å². The highest BCUT2D eigenvalue weighted by atomic mass is 35.5. The van der Waals surface area contributed by atoms with Gasteiger partial charge in [0.15, 0.2) is 5.43 Å². The van der Waals surface area contributed by atoms with Crippen molar-refractivity contribution in [3.05, 3.63) is 56.0 Å². The highest BCUT2D eigenvalue weighted by molar-refractivity contribution is 6.35. The smallest absolute Gasteiger partial charge is 0.336 e. The van der Waals surface area contributed by atoms with Gasteiger partial charge in [0.2, 0.25) is 0 Å². The lowest BCUT2D eigenvalue weighted by molar-refractivity contribution is -0.139. The number of allylic oxidation sites excluding steroid dienone is 1. The Labute approximate surface area is 179 Å². The molecule has 1 aromatic heterocycles. The number of esters is 1. The van der Waals surface area contributed by atoms with Gasteiger partial charge in [0, 0.05) is 29.0 Å². The number of aryl methyl sites for hydroxylation is 1. The van der Waals surface area contributed by atoms with Crippen LogP contribution in [0.2, 0.25) is 5.02 Å². The molecular weight excluding hydrogens is 406 g/mol. The lowest BCUT2D eigenvalue weighted by Gasteiger charge is -2.31. The summed E-state index contributed by atoms with van der Waals surface area (Å²) in [7, 11) is 0. The van der Waals surface area contributed by atoms with Crippen LogP contribution in [0.1, 0.15) is 51.4 Å². The monoisotopic (exact) mass is 429 g/mol. The molecule has 0 N–H and O–H groups in total. The Morgan fingerprint density at radius 1 is 1.23 bits per heavy atom. The standard InChI is InChI=1S/C23H24ClNO5/c1-6-9-29-23(28)19-13(4)25-12(3)18(14(5)26)20(19)15-7-8-16(24)21-17(27)10-11(2)30-22(15)21/h7-8,10,18,20H,6,9H2,1-5H3. The van der Waals surface area contributed by atoms with Gasteiger partial charge >= 0.3 is 5.97 Å². The minimum atomic E-state index is -0.700. The van der Waals surface area contributed by atoms with E-state index in [1.807, 2.05) is 6.92 Å². The number of Topliss-reactive ketones (excluding diaryl/α,β-unsaturated/α-hetero) is 1. The minimum absolute atomic E-state index is 0.146. The van der Waals surface area contributed by atoms with Crippen LogP contribution in [0.4, 0.5) is 0 Å². The summed E-state index contributed by atoms with van der Waals surface area (Å²) < 4.78 is 11.3. The molecule has 1 aliphatic heterocycles. The molecule has 0 saturated heterocycles. The SMILES string of the molecule is CCCOC(=O)C1=C(C)N=C(C)C(C(C)=O)C1c1ccc(Cl)c2c(=O)cc(C)oc12. The van der Waals surface area contributed by atoms with Crippen LogP contribution in [-0.2, 0) is 14.3 Å². The molecular formula is C23H24ClNO5. The van der Waals surface area contributed by atoms with Crippen molar-refractivity contribution in [1.29, 1.82) is 0 Å². The summed E-state index contributed by atoms with van der Waals surface area (Å²) in [5.74, 6) is -1.65. The van der Waals surface area contributed by atoms with Crippen molar-refractivity contribution in [1.82, 2.24) is 0 Å². The summed E-state index contributed by atoms with van der Waals surface area (Å²) in [6, 6.07) is 4.66. The number of ketones is 1. The van der Waals surface area contributed by atoms with Crippen LogP contribution in [0, 0.1) is 12.8 Å². The molecule has 2 atom stereocenters. The Morgan fingerprint density at radius 2 is 1.93 bits per heavy atom. The van der Waals surface area contributed by atoms with Crippen LogP contribution >= 0.6 is 11.6 Å². The van der Waals surface area contributed by atoms with E-state index in [1.165, 1.54) is 13.0 Å². The second-order valence-corrected chi connectivity index (χ2v) is 7.92. The molecule has 2 aromatic rings. The topological polar surface area (TPSA) is 85.9 Å². The van der Waals surface area contributed by atoms with Gasteiger partial charge in [-0.2, -0.15) is 0 Å². The average molecular weight is 430 g/mol. The van der Waals surface area contributed by atoms with E-state index < -0.39 is 17.8 Å². The Kier molecular flexibility index (Phi) is 6.27. The third-order valence-corrected chi connectivity index (χ3v) is 5.55. The molecule has 6 nitrogen and oxygen atoms in total. The van der Waals surface area contributed by atoms with E-state index in [0.717, 1.165) is 0 Å². The third-order valence-electron chi connectivity index (χ3n) is 5.24. The largest absolute Gasteiger partial charge is 0.462 e. The lowest BCUT2D eigenvalue weighted by atomic mass is 9.73. The van der Waals surface area contributed by atoms with Crippen molar-refractivity contribution >= 4 is 40.0 Å². The fraction of sp³-hybridized carbons (Fsp3) is 0.391. The number of carbonyl (C=O) groups excluding carboxylic acids is 2. The van der Waals surface area contributed by atoms with Crippen molar-refractivity contribution in [2.24, 2.45) is 10.9 Å². The van der Waals surface area contributed by atoms with Crippen molar-refractivity contribution in [2.45, 2.75) is 47.0 Å². The molecule has 7 heteroatoms. The van der Waals surface area contributed by atoms with E-state index in [-0.39, 0.29) is 33.8 Å². The molecule has 30 heavy (non-hydrogen) atoms. The number of fused-ring (bicyclic) bond motifs is 1. The van der Waals surface area contributed by atoms with E-state index >= 15 is 0 Å². The Morgan fingerprint density at radius 3 is 2.57 bits per heavy atom. The van der Waals surface area contributed by atoms with E-state index in [2.05, 4.69) is 4.99 Å². The minimum Gasteiger partial charge on any atom is -0.462 e. The summed E-state index contributed by atoms with van der Waals surface area (Å²) in [6.45, 7) is 8.76. The molecule has 0 bridgehead atoms. The highest BCUT2D eigenvalue weighted by Crippen LogP contribution is 2.43. The average Bonchev–Trinajstić information content (AvgIpc) is 2.64. The van der Waals surface area contributed by atoms with Crippen LogP contribution in [-0.4, -0.2) is 24.1 Å². The van der Waals surface area contributed by atoms with Crippen molar-refractivity contribution in [3.8, 4) is 0 Å². The van der Waals surface area contributed by atoms with E-state index in [0.29, 0.717) is 34.7 Å². The zero-order valence-electron chi connectivity index (χ0n) is 17.7. The van der Waals surface area contributed by atoms with E-state index in [1.54, 1.807) is 32.9 Å². The first-order valence-electron chi connectivity index (χ1n) is 9.83. The van der Waals surface area contributed by atoms with Gasteiger partial charge in [-0.05, 0) is 40.2 Å². The predicted molar refractivity (Wildman–Crippen MR) is 116 cm³/mol. The molecule has 0 spiro atoms. The zero-order chi connectivity index (χ0) is 22.2. The molecule has 2 unspecified atom stereocenters. The molecule has 0 saturated carbocycles. The second kappa shape index (κ2) is 8.56. The maximum Gasteiger partial charge on any atom is 0.336 e. The van der Waals surface area contributed by atoms with Crippen LogP contribution in [0.3, 0.4) is 0 Å². The van der Waals surface area contributed by atoms with Crippen LogP contribution in [0.5, 0.6) is 0 Å². The summed E-state index contributed by atoms with van der Waals surface area (Å²) in [5.41, 5.74) is 1.89. The molecule has 0 radical (unpaired) electrons. The molecule has 0 amide bonds. The number of aliphatic imine (C=N–C) groups is 1. The number of benzene rings is 1. The van der Waals surface area contributed by atoms with Crippen molar-refractivity contribution in [3.63, 3.8) is 0 Å². The number of hydrogen-bond acceptors (Lipinski definition) is 6. The quantitative estimate of drug-likeness (QED) is 0.640. The fourth-order valence-corrected chi connectivity index (χ4v) is 4.29. The number of nitrogens with zero attached hydrogens (tertiary/aromatic N) is 1. The fourth-order valence-electron chi connectivity index (χ4n) is 4.04. The van der Waals surface area contributed by atoms with Gasteiger partial charge in [0.05, 0.1) is 28.5 Å². The van der Waals surface area contributed by atoms with Gasteiger partial charge in [-0.15, -0.1) is 0 Å². The molecule has 1 aromatic carbocycles. The summed E-state index contributed by atoms with van der Waals surface area (Å²) in [6.07, 6.45) is 0.666. The second-order valence-electron chi connectivity index (χ2n) is 7.52. The Balaban J connectivity index is 2.35. The Bertz CT molecular complexity index is 1160. The van der Waals surface area contributed by atoms with Gasteiger partial charge in [-0.1, -0.05) is 24.6 Å². The van der Waals surface area contributed by atoms with Gasteiger partial charge in [0.1, 0.15) is 17.1 Å². The molecule has 0 aliphatic carbocycles. The van der Waals surface area contributed by atoms with Gasteiger partial charge in [0.25, 0.3) is 0 Å². The summed E-state index contributed by atoms with van der Waals surface area (Å²) in [5, 5.41) is 0.472. The summed E-state index contributed by atoms with van der Waals surface area (Å²) >= 11 is 6.29. The number of halogens is 1. The Hall–Kier alpha value is -2.73. The van der Waals surface area contributed by atoms with E-state index in [4.69, 9.17) is 20.8 Å². The zero-order valence-corrected chi connectivity index (χ0v) is 18.4. The maximum absolute atomic E-state index is 13.0. The maximum atomic E-state index is 13.0. The van der Waals surface area contributed by atoms with Gasteiger partial charge in [-0.3, -0.25) is 14.6 Å². The molecule has 0 fully saturated rings. The number of carbonyl (C=O) groups is 2. The highest BCUT2D eigenvalue weighted by Gasteiger charge is 2.41. The lowest BCUT2D eigenvalue weighted by Crippen LogP contribution is -2.34. The predicted octanol–water partition coefficient (Wildman–Crippen LogP) is 4.75. The van der Waals surface area contributed by atoms with Crippen molar-refractivity contribution < 1.29 is 18.7 Å². The van der Waals surface area contributed by atoms with Crippen molar-refractivity contribution in [2.75, 3.05) is 6.61 Å². The first kappa shape index (κ1) is 22.0. The summed E-state index contributed by atoms with van der Waals surface area (Å²) in [4.78, 5) is 42.7. The normalized spacial score (nSPS) is 19.1. The number of rotatable bonds is 5. The number of hydrogen-bond donors (Lipinski definition) is 0. The molecule has 2 heterocycles. The molecule has 3 rings (SSSR count). The van der Waals surface area contributed by atoms with Crippen LogP contribution in [0.25, 0.3) is 11.0 Å². The first-order valence-corrected chi connectivity index (χ1v) is 10.2. The molecule has 158 valence electrons. The molecule has 1 aliphatic rings. The van der Waals surface area contributed by atoms with Gasteiger partial charge < -0.3 is 9.15 Å². The first-order chi connectivity index (χ1) is 14.2. The van der Waals surface area contributed by atoms with Gasteiger partial charge in [-0.25, -0.2) is 4.79 Å².